The molecule has 0 saturated heterocycles. The van der Waals surface area contributed by atoms with Gasteiger partial charge in [0.2, 0.25) is 0 Å². The van der Waals surface area contributed by atoms with Crippen molar-refractivity contribution in [3.05, 3.63) is 23.9 Å². The number of carbonyl (C=O) groups is 1. The summed E-state index contributed by atoms with van der Waals surface area (Å²) in [6.45, 7) is 6.29. The smallest absolute Gasteiger partial charge is 0.335 e. The Balaban J connectivity index is 2.13. The van der Waals surface area contributed by atoms with E-state index < -0.39 is 12.1 Å². The second-order valence-electron chi connectivity index (χ2n) is 5.16. The molecule has 0 aliphatic carbocycles. The first kappa shape index (κ1) is 15.3. The van der Waals surface area contributed by atoms with Crippen LogP contribution in [-0.2, 0) is 14.3 Å². The number of rotatable bonds is 5. The molecule has 6 heteroatoms. The minimum absolute atomic E-state index is 0.327. The van der Waals surface area contributed by atoms with E-state index >= 15 is 0 Å². The molecule has 0 bridgehead atoms. The molecule has 6 nitrogen and oxygen atoms in total. The lowest BCUT2D eigenvalue weighted by Gasteiger charge is -2.23. The van der Waals surface area contributed by atoms with Gasteiger partial charge in [-0.25, -0.2) is 14.8 Å². The van der Waals surface area contributed by atoms with E-state index in [2.05, 4.69) is 28.7 Å². The van der Waals surface area contributed by atoms with Crippen LogP contribution >= 0.6 is 0 Å². The Bertz CT molecular complexity index is 513. The summed E-state index contributed by atoms with van der Waals surface area (Å²) in [6, 6.07) is 3.54. The molecule has 0 aromatic carbocycles. The van der Waals surface area contributed by atoms with Crippen LogP contribution in [0.1, 0.15) is 32.4 Å². The average molecular weight is 291 g/mol. The first-order chi connectivity index (χ1) is 10.0. The molecule has 1 aliphatic heterocycles. The Morgan fingerprint density at radius 3 is 2.81 bits per heavy atom. The first-order valence-electron chi connectivity index (χ1n) is 7.07. The zero-order valence-corrected chi connectivity index (χ0v) is 12.8. The third-order valence-corrected chi connectivity index (χ3v) is 3.48. The van der Waals surface area contributed by atoms with Crippen LogP contribution in [-0.4, -0.2) is 43.1 Å². The van der Waals surface area contributed by atoms with Gasteiger partial charge in [0.05, 0.1) is 6.61 Å². The Hall–Kier alpha value is -2.11. The molecule has 2 unspecified atom stereocenters. The highest BCUT2D eigenvalue weighted by atomic mass is 16.5. The SMILES string of the molecule is CCOC(=O)C1N=COC1c1ccc(N(C)C(C)C)nc1. The molecule has 1 aromatic heterocycles. The molecule has 0 radical (unpaired) electrons. The minimum Gasteiger partial charge on any atom is -0.473 e. The number of carbonyl (C=O) groups excluding carboxylic acids is 1. The summed E-state index contributed by atoms with van der Waals surface area (Å²) in [5, 5.41) is 0. The minimum atomic E-state index is -0.652. The van der Waals surface area contributed by atoms with Crippen LogP contribution in [0, 0.1) is 0 Å². The summed E-state index contributed by atoms with van der Waals surface area (Å²) >= 11 is 0. The quantitative estimate of drug-likeness (QED) is 0.776. The number of anilines is 1. The van der Waals surface area contributed by atoms with E-state index in [-0.39, 0.29) is 5.97 Å². The monoisotopic (exact) mass is 291 g/mol. The predicted molar refractivity (Wildman–Crippen MR) is 80.5 cm³/mol. The molecule has 2 atom stereocenters. The van der Waals surface area contributed by atoms with Gasteiger partial charge >= 0.3 is 5.97 Å². The number of aliphatic imine (C=N–C) groups is 1. The number of esters is 1. The molecule has 2 rings (SSSR count). The van der Waals surface area contributed by atoms with E-state index in [0.29, 0.717) is 12.6 Å². The summed E-state index contributed by atoms with van der Waals surface area (Å²) in [7, 11) is 1.99. The van der Waals surface area contributed by atoms with Crippen LogP contribution in [0.2, 0.25) is 0 Å². The Kier molecular flexibility index (Phi) is 4.77. The van der Waals surface area contributed by atoms with Gasteiger partial charge in [0.15, 0.2) is 18.5 Å². The zero-order valence-electron chi connectivity index (χ0n) is 12.8. The van der Waals surface area contributed by atoms with E-state index in [4.69, 9.17) is 9.47 Å². The summed E-state index contributed by atoms with van der Waals surface area (Å²) in [4.78, 5) is 22.4. The van der Waals surface area contributed by atoms with Crippen LogP contribution in [0.25, 0.3) is 0 Å². The fraction of sp³-hybridized carbons (Fsp3) is 0.533. The maximum absolute atomic E-state index is 11.8. The number of hydrogen-bond donors (Lipinski definition) is 0. The van der Waals surface area contributed by atoms with E-state index in [9.17, 15) is 4.79 Å². The average Bonchev–Trinajstić information content (AvgIpc) is 2.96. The molecule has 0 N–H and O–H groups in total. The van der Waals surface area contributed by atoms with Gasteiger partial charge < -0.3 is 14.4 Å². The van der Waals surface area contributed by atoms with Gasteiger partial charge in [-0.3, -0.25) is 0 Å². The van der Waals surface area contributed by atoms with Crippen LogP contribution in [0.15, 0.2) is 23.3 Å². The largest absolute Gasteiger partial charge is 0.473 e. The molecule has 21 heavy (non-hydrogen) atoms. The standard InChI is InChI=1S/C15H21N3O3/c1-5-20-15(19)13-14(21-9-17-13)11-6-7-12(16-8-11)18(4)10(2)3/h6-10,13-14H,5H2,1-4H3. The van der Waals surface area contributed by atoms with Gasteiger partial charge in [-0.2, -0.15) is 0 Å². The third-order valence-electron chi connectivity index (χ3n) is 3.48. The van der Waals surface area contributed by atoms with E-state index in [1.807, 2.05) is 19.2 Å². The molecule has 0 saturated carbocycles. The molecular weight excluding hydrogens is 270 g/mol. The van der Waals surface area contributed by atoms with Gasteiger partial charge in [0.25, 0.3) is 0 Å². The lowest BCUT2D eigenvalue weighted by Crippen LogP contribution is -2.28. The molecule has 1 aliphatic rings. The van der Waals surface area contributed by atoms with Crippen molar-refractivity contribution in [2.45, 2.75) is 39.0 Å². The van der Waals surface area contributed by atoms with E-state index in [1.54, 1.807) is 13.1 Å². The Morgan fingerprint density at radius 2 is 2.24 bits per heavy atom. The Morgan fingerprint density at radius 1 is 1.48 bits per heavy atom. The highest BCUT2D eigenvalue weighted by Crippen LogP contribution is 2.28. The van der Waals surface area contributed by atoms with Crippen molar-refractivity contribution in [3.8, 4) is 0 Å². The third kappa shape index (κ3) is 3.32. The highest BCUT2D eigenvalue weighted by molar-refractivity contribution is 5.80. The van der Waals surface area contributed by atoms with Crippen LogP contribution in [0.4, 0.5) is 5.82 Å². The van der Waals surface area contributed by atoms with Crippen LogP contribution < -0.4 is 4.90 Å². The van der Waals surface area contributed by atoms with Crippen molar-refractivity contribution in [1.29, 1.82) is 0 Å². The predicted octanol–water partition coefficient (Wildman–Crippen LogP) is 1.96. The van der Waals surface area contributed by atoms with E-state index in [0.717, 1.165) is 11.4 Å². The fourth-order valence-electron chi connectivity index (χ4n) is 2.03. The lowest BCUT2D eigenvalue weighted by molar-refractivity contribution is -0.146. The summed E-state index contributed by atoms with van der Waals surface area (Å²) in [6.07, 6.45) is 2.56. The molecular formula is C15H21N3O3. The van der Waals surface area contributed by atoms with Gasteiger partial charge in [-0.05, 0) is 26.8 Å². The number of aromatic nitrogens is 1. The second-order valence-corrected chi connectivity index (χ2v) is 5.16. The van der Waals surface area contributed by atoms with Crippen LogP contribution in [0.3, 0.4) is 0 Å². The lowest BCUT2D eigenvalue weighted by atomic mass is 10.1. The molecule has 0 fully saturated rings. The van der Waals surface area contributed by atoms with Crippen molar-refractivity contribution in [2.75, 3.05) is 18.6 Å². The topological polar surface area (TPSA) is 64.0 Å². The maximum atomic E-state index is 11.8. The van der Waals surface area contributed by atoms with Crippen molar-refractivity contribution in [1.82, 2.24) is 4.98 Å². The summed E-state index contributed by atoms with van der Waals surface area (Å²) in [5.41, 5.74) is 0.812. The number of hydrogen-bond acceptors (Lipinski definition) is 6. The molecule has 0 spiro atoms. The number of ether oxygens (including phenoxy) is 2. The first-order valence-corrected chi connectivity index (χ1v) is 7.07. The Labute approximate surface area is 124 Å². The number of nitrogens with zero attached hydrogens (tertiary/aromatic N) is 3. The van der Waals surface area contributed by atoms with Gasteiger partial charge in [-0.15, -0.1) is 0 Å². The van der Waals surface area contributed by atoms with Crippen molar-refractivity contribution in [2.24, 2.45) is 4.99 Å². The maximum Gasteiger partial charge on any atom is 0.335 e. The van der Waals surface area contributed by atoms with Crippen molar-refractivity contribution >= 4 is 18.2 Å². The van der Waals surface area contributed by atoms with Crippen molar-refractivity contribution in [3.63, 3.8) is 0 Å². The highest BCUT2D eigenvalue weighted by Gasteiger charge is 2.35. The fourth-order valence-corrected chi connectivity index (χ4v) is 2.03. The van der Waals surface area contributed by atoms with Gasteiger partial charge in [0.1, 0.15) is 5.82 Å². The number of pyridine rings is 1. The summed E-state index contributed by atoms with van der Waals surface area (Å²) in [5.74, 6) is 0.500. The van der Waals surface area contributed by atoms with Gasteiger partial charge in [-0.1, -0.05) is 6.07 Å². The van der Waals surface area contributed by atoms with Crippen molar-refractivity contribution < 1.29 is 14.3 Å². The zero-order chi connectivity index (χ0) is 15.4. The van der Waals surface area contributed by atoms with E-state index in [1.165, 1.54) is 6.40 Å². The molecule has 1 aromatic rings. The molecule has 114 valence electrons. The molecule has 0 amide bonds. The van der Waals surface area contributed by atoms with Crippen LogP contribution in [0.5, 0.6) is 0 Å². The van der Waals surface area contributed by atoms with Gasteiger partial charge in [0, 0.05) is 24.8 Å². The normalized spacial score (nSPS) is 20.4. The second kappa shape index (κ2) is 6.56. The molecule has 2 heterocycles. The summed E-state index contributed by atoms with van der Waals surface area (Å²) < 4.78 is 10.4.